The minimum absolute atomic E-state index is 0.0467. The highest BCUT2D eigenvalue weighted by molar-refractivity contribution is 5.87. The summed E-state index contributed by atoms with van der Waals surface area (Å²) in [7, 11) is 0. The van der Waals surface area contributed by atoms with Crippen molar-refractivity contribution < 1.29 is 19.1 Å². The minimum Gasteiger partial charge on any atom is -0.459 e. The van der Waals surface area contributed by atoms with Gasteiger partial charge in [0.1, 0.15) is 12.7 Å². The van der Waals surface area contributed by atoms with Crippen LogP contribution in [0.5, 0.6) is 0 Å². The number of alkyl carbamates (subject to hydrolysis) is 1. The Labute approximate surface area is 177 Å². The maximum absolute atomic E-state index is 12.0. The number of amides is 1. The second-order valence-electron chi connectivity index (χ2n) is 7.21. The molecule has 1 saturated carbocycles. The molecule has 5 heteroatoms. The number of rotatable bonds is 7. The summed E-state index contributed by atoms with van der Waals surface area (Å²) in [5.74, 6) is -0.333. The van der Waals surface area contributed by atoms with Crippen molar-refractivity contribution in [3.63, 3.8) is 0 Å². The average molecular weight is 405 g/mol. The summed E-state index contributed by atoms with van der Waals surface area (Å²) in [6.45, 7) is 0.224. The van der Waals surface area contributed by atoms with Crippen LogP contribution in [0.4, 0.5) is 4.79 Å². The van der Waals surface area contributed by atoms with E-state index >= 15 is 0 Å². The molecular weight excluding hydrogens is 378 g/mol. The number of hydrogen-bond donors (Lipinski definition) is 1. The molecule has 0 radical (unpaired) electrons. The van der Waals surface area contributed by atoms with Crippen molar-refractivity contribution >= 4 is 24.2 Å². The van der Waals surface area contributed by atoms with E-state index in [9.17, 15) is 9.59 Å². The lowest BCUT2D eigenvalue weighted by Crippen LogP contribution is -2.39. The molecule has 1 fully saturated rings. The molecule has 0 unspecified atom stereocenters. The summed E-state index contributed by atoms with van der Waals surface area (Å²) in [4.78, 5) is 23.9. The molecule has 5 nitrogen and oxygen atoms in total. The van der Waals surface area contributed by atoms with Crippen molar-refractivity contribution in [3.8, 4) is 0 Å². The predicted octanol–water partition coefficient (Wildman–Crippen LogP) is 4.99. The van der Waals surface area contributed by atoms with Crippen molar-refractivity contribution in [1.82, 2.24) is 5.32 Å². The van der Waals surface area contributed by atoms with Crippen LogP contribution in [0, 0.1) is 0 Å². The standard InChI is InChI=1S/C25H27NO4/c27-24(18-13-21-10-5-2-6-11-21)30-23-16-14-22(15-17-23)26-25(28)29-19-7-12-20-8-3-1-4-9-20/h1-13,18,22-23H,14-17,19H2,(H,26,28)/b12-7+,18-13+. The zero-order chi connectivity index (χ0) is 21.0. The van der Waals surface area contributed by atoms with Gasteiger partial charge in [-0.15, -0.1) is 0 Å². The maximum atomic E-state index is 12.0. The minimum atomic E-state index is -0.418. The number of hydrogen-bond acceptors (Lipinski definition) is 4. The summed E-state index contributed by atoms with van der Waals surface area (Å²) in [6.07, 6.45) is 9.38. The number of nitrogens with one attached hydrogen (secondary N) is 1. The fourth-order valence-electron chi connectivity index (χ4n) is 3.34. The largest absolute Gasteiger partial charge is 0.459 e. The third-order valence-electron chi connectivity index (χ3n) is 4.91. The van der Waals surface area contributed by atoms with Gasteiger partial charge in [-0.05, 0) is 49.0 Å². The Morgan fingerprint density at radius 2 is 1.47 bits per heavy atom. The Balaban J connectivity index is 1.31. The second kappa shape index (κ2) is 11.6. The van der Waals surface area contributed by atoms with Crippen molar-refractivity contribution in [2.24, 2.45) is 0 Å². The molecule has 2 aromatic rings. The SMILES string of the molecule is O=C(/C=C/c1ccccc1)OC1CCC(NC(=O)OC/C=C/c2ccccc2)CC1. The fourth-order valence-corrected chi connectivity index (χ4v) is 3.34. The van der Waals surface area contributed by atoms with E-state index in [1.165, 1.54) is 6.08 Å². The molecule has 0 atom stereocenters. The summed E-state index contributed by atoms with van der Waals surface area (Å²) in [5.41, 5.74) is 2.02. The highest BCUT2D eigenvalue weighted by Gasteiger charge is 2.24. The van der Waals surface area contributed by atoms with Gasteiger partial charge in [0.2, 0.25) is 0 Å². The molecule has 1 N–H and O–H groups in total. The van der Waals surface area contributed by atoms with Gasteiger partial charge in [0, 0.05) is 12.1 Å². The summed E-state index contributed by atoms with van der Waals surface area (Å²) < 4.78 is 10.7. The molecule has 1 amide bonds. The smallest absolute Gasteiger partial charge is 0.407 e. The van der Waals surface area contributed by atoms with E-state index in [4.69, 9.17) is 9.47 Å². The molecule has 0 saturated heterocycles. The third-order valence-corrected chi connectivity index (χ3v) is 4.91. The number of benzene rings is 2. The van der Waals surface area contributed by atoms with Gasteiger partial charge in [-0.25, -0.2) is 9.59 Å². The topological polar surface area (TPSA) is 64.6 Å². The lowest BCUT2D eigenvalue weighted by Gasteiger charge is -2.28. The molecule has 30 heavy (non-hydrogen) atoms. The van der Waals surface area contributed by atoms with E-state index in [-0.39, 0.29) is 24.7 Å². The zero-order valence-electron chi connectivity index (χ0n) is 16.9. The highest BCUT2D eigenvalue weighted by Crippen LogP contribution is 2.21. The van der Waals surface area contributed by atoms with E-state index in [0.717, 1.165) is 36.8 Å². The summed E-state index contributed by atoms with van der Waals surface area (Å²) in [5, 5.41) is 2.89. The second-order valence-corrected chi connectivity index (χ2v) is 7.21. The van der Waals surface area contributed by atoms with Crippen LogP contribution < -0.4 is 5.32 Å². The molecule has 2 aromatic carbocycles. The molecule has 0 spiro atoms. The van der Waals surface area contributed by atoms with Gasteiger partial charge in [0.25, 0.3) is 0 Å². The number of esters is 1. The van der Waals surface area contributed by atoms with Crippen LogP contribution in [0.3, 0.4) is 0 Å². The van der Waals surface area contributed by atoms with Crippen LogP contribution in [-0.4, -0.2) is 30.8 Å². The monoisotopic (exact) mass is 405 g/mol. The van der Waals surface area contributed by atoms with Crippen LogP contribution in [-0.2, 0) is 14.3 Å². The van der Waals surface area contributed by atoms with Crippen LogP contribution in [0.1, 0.15) is 36.8 Å². The molecule has 156 valence electrons. The maximum Gasteiger partial charge on any atom is 0.407 e. The predicted molar refractivity (Wildman–Crippen MR) is 118 cm³/mol. The van der Waals surface area contributed by atoms with E-state index in [0.29, 0.717) is 0 Å². The average Bonchev–Trinajstić information content (AvgIpc) is 2.78. The molecule has 1 aliphatic carbocycles. The zero-order valence-corrected chi connectivity index (χ0v) is 16.9. The van der Waals surface area contributed by atoms with Gasteiger partial charge in [-0.3, -0.25) is 0 Å². The van der Waals surface area contributed by atoms with E-state index in [1.807, 2.05) is 72.8 Å². The third kappa shape index (κ3) is 7.59. The van der Waals surface area contributed by atoms with Crippen LogP contribution in [0.25, 0.3) is 12.2 Å². The van der Waals surface area contributed by atoms with Crippen molar-refractivity contribution in [1.29, 1.82) is 0 Å². The Morgan fingerprint density at radius 1 is 0.867 bits per heavy atom. The normalized spacial score (nSPS) is 18.9. The van der Waals surface area contributed by atoms with Gasteiger partial charge >= 0.3 is 12.1 Å². The highest BCUT2D eigenvalue weighted by atomic mass is 16.5. The van der Waals surface area contributed by atoms with E-state index in [2.05, 4.69) is 5.32 Å². The number of carbonyl (C=O) groups is 2. The molecule has 0 aromatic heterocycles. The first-order valence-corrected chi connectivity index (χ1v) is 10.3. The van der Waals surface area contributed by atoms with Crippen LogP contribution in [0.2, 0.25) is 0 Å². The quantitative estimate of drug-likeness (QED) is 0.520. The number of ether oxygens (including phenoxy) is 2. The van der Waals surface area contributed by atoms with Gasteiger partial charge < -0.3 is 14.8 Å². The molecule has 0 heterocycles. The van der Waals surface area contributed by atoms with E-state index in [1.54, 1.807) is 6.08 Å². The molecule has 1 aliphatic rings. The molecular formula is C25H27NO4. The van der Waals surface area contributed by atoms with Crippen molar-refractivity contribution in [3.05, 3.63) is 83.9 Å². The first kappa shape index (κ1) is 21.4. The Hall–Kier alpha value is -3.34. The summed E-state index contributed by atoms with van der Waals surface area (Å²) in [6, 6.07) is 19.5. The Kier molecular flexibility index (Phi) is 8.27. The van der Waals surface area contributed by atoms with Gasteiger partial charge in [0.05, 0.1) is 0 Å². The lowest BCUT2D eigenvalue weighted by molar-refractivity contribution is -0.144. The lowest BCUT2D eigenvalue weighted by atomic mass is 9.93. The van der Waals surface area contributed by atoms with Crippen molar-refractivity contribution in [2.75, 3.05) is 6.61 Å². The van der Waals surface area contributed by atoms with Gasteiger partial charge in [-0.2, -0.15) is 0 Å². The molecule has 0 bridgehead atoms. The first-order chi connectivity index (χ1) is 14.7. The fraction of sp³-hybridized carbons (Fsp3) is 0.280. The number of carbonyl (C=O) groups excluding carboxylic acids is 2. The van der Waals surface area contributed by atoms with Crippen LogP contribution >= 0.6 is 0 Å². The van der Waals surface area contributed by atoms with Gasteiger partial charge in [0.15, 0.2) is 0 Å². The van der Waals surface area contributed by atoms with Gasteiger partial charge in [-0.1, -0.05) is 66.7 Å². The molecule has 0 aliphatic heterocycles. The first-order valence-electron chi connectivity index (χ1n) is 10.3. The Morgan fingerprint density at radius 3 is 2.10 bits per heavy atom. The van der Waals surface area contributed by atoms with Crippen molar-refractivity contribution in [2.45, 2.75) is 37.8 Å². The van der Waals surface area contributed by atoms with Crippen LogP contribution in [0.15, 0.2) is 72.8 Å². The van der Waals surface area contributed by atoms with E-state index < -0.39 is 6.09 Å². The summed E-state index contributed by atoms with van der Waals surface area (Å²) >= 11 is 0. The Bertz CT molecular complexity index is 853. The molecule has 3 rings (SSSR count).